The van der Waals surface area contributed by atoms with Crippen LogP contribution in [-0.2, 0) is 41.3 Å². The van der Waals surface area contributed by atoms with Gasteiger partial charge in [0.15, 0.2) is 64.0 Å². The van der Waals surface area contributed by atoms with Crippen LogP contribution in [0.1, 0.15) is 31.1 Å². The molecule has 251 valence electrons. The molecule has 11 N–H and O–H groups in total. The maximum absolute atomic E-state index is 12.8. The summed E-state index contributed by atoms with van der Waals surface area (Å²) < 4.78 is 20.6. The molecule has 19 heteroatoms. The van der Waals surface area contributed by atoms with Gasteiger partial charge in [-0.15, -0.1) is 0 Å². The molecule has 4 rings (SSSR count). The summed E-state index contributed by atoms with van der Waals surface area (Å²) in [6.45, 7) is -0.918. The topological polar surface area (TPSA) is 311 Å². The number of carbonyl (C=O) groups excluding carboxylic acids is 3. The molecule has 46 heavy (non-hydrogen) atoms. The number of hydrogen-bond donors (Lipinski definition) is 11. The molecule has 1 saturated heterocycles. The van der Waals surface area contributed by atoms with Gasteiger partial charge in [0.2, 0.25) is 6.29 Å². The molecular weight excluding hydrogens is 720 g/mol. The van der Waals surface area contributed by atoms with E-state index in [0.29, 0.717) is 24.3 Å². The molecule has 1 aliphatic rings. The van der Waals surface area contributed by atoms with Gasteiger partial charge in [-0.25, -0.2) is 14.4 Å². The predicted octanol–water partition coefficient (Wildman–Crippen LogP) is -0.279. The van der Waals surface area contributed by atoms with Crippen molar-refractivity contribution in [3.05, 3.63) is 53.1 Å². The molecule has 0 saturated carbocycles. The standard InChI is InChI=1S/C27H24O18.Ag/c28-11-1-8(2-12(29)18(11)34)24(39)42-7-17-21(37)23(44-25(40)9-3-13(30)19(35)14(31)4-9)22(38)27(43-17)45-26(41)10-5-15(32)20(36)16(33)6-10;/h1-6,17,21-23,27-38H,7H2;/t17-,21-,22-,23+,27+;/m1./s1. The van der Waals surface area contributed by atoms with Crippen molar-refractivity contribution in [3.63, 3.8) is 0 Å². The first-order chi connectivity index (χ1) is 21.1. The molecule has 0 amide bonds. The van der Waals surface area contributed by atoms with Gasteiger partial charge in [0, 0.05) is 22.4 Å². The number of benzene rings is 3. The number of carbonyl (C=O) groups is 3. The predicted molar refractivity (Wildman–Crippen MR) is 140 cm³/mol. The van der Waals surface area contributed by atoms with Crippen LogP contribution in [0.25, 0.3) is 0 Å². The number of aromatic hydroxyl groups is 9. The number of esters is 3. The third-order valence-corrected chi connectivity index (χ3v) is 6.40. The van der Waals surface area contributed by atoms with E-state index in [1.807, 2.05) is 0 Å². The molecule has 1 heterocycles. The second-order valence-corrected chi connectivity index (χ2v) is 9.49. The summed E-state index contributed by atoms with van der Waals surface area (Å²) in [5.74, 6) is -12.3. The summed E-state index contributed by atoms with van der Waals surface area (Å²) in [4.78, 5) is 38.1. The minimum Gasteiger partial charge on any atom is -0.504 e. The zero-order valence-electron chi connectivity index (χ0n) is 22.6. The van der Waals surface area contributed by atoms with E-state index in [1.54, 1.807) is 0 Å². The summed E-state index contributed by atoms with van der Waals surface area (Å²) >= 11 is 0. The third-order valence-electron chi connectivity index (χ3n) is 6.40. The van der Waals surface area contributed by atoms with Gasteiger partial charge in [0.1, 0.15) is 18.8 Å². The normalized spacial score (nSPS) is 20.6. The summed E-state index contributed by atoms with van der Waals surface area (Å²) in [5.41, 5.74) is -1.62. The van der Waals surface area contributed by atoms with Gasteiger partial charge in [0.05, 0.1) is 16.7 Å². The van der Waals surface area contributed by atoms with Crippen molar-refractivity contribution in [3.8, 4) is 51.7 Å². The van der Waals surface area contributed by atoms with Crippen LogP contribution in [0.2, 0.25) is 0 Å². The van der Waals surface area contributed by atoms with Gasteiger partial charge < -0.3 is 75.1 Å². The Kier molecular flexibility index (Phi) is 10.7. The van der Waals surface area contributed by atoms with Crippen molar-refractivity contribution in [1.29, 1.82) is 0 Å². The second kappa shape index (κ2) is 13.9. The Hall–Kier alpha value is -5.11. The molecule has 1 fully saturated rings. The molecule has 1 aliphatic heterocycles. The Balaban J connectivity index is 0.00000576. The zero-order chi connectivity index (χ0) is 33.3. The fraction of sp³-hybridized carbons (Fsp3) is 0.222. The van der Waals surface area contributed by atoms with E-state index in [4.69, 9.17) is 18.9 Å². The smallest absolute Gasteiger partial charge is 0.340 e. The van der Waals surface area contributed by atoms with Crippen LogP contribution in [-0.4, -0.2) is 111 Å². The van der Waals surface area contributed by atoms with Crippen LogP contribution in [0.5, 0.6) is 51.7 Å². The summed E-state index contributed by atoms with van der Waals surface area (Å²) in [7, 11) is 0. The molecule has 0 unspecified atom stereocenters. The van der Waals surface area contributed by atoms with Crippen molar-refractivity contribution in [2.45, 2.75) is 30.7 Å². The van der Waals surface area contributed by atoms with Gasteiger partial charge in [-0.1, -0.05) is 0 Å². The van der Waals surface area contributed by atoms with E-state index >= 15 is 0 Å². The number of phenolic OH excluding ortho intramolecular Hbond substituents is 9. The van der Waals surface area contributed by atoms with Gasteiger partial charge >= 0.3 is 17.9 Å². The van der Waals surface area contributed by atoms with Crippen LogP contribution in [0.15, 0.2) is 36.4 Å². The van der Waals surface area contributed by atoms with Gasteiger partial charge in [-0.05, 0) is 36.4 Å². The Morgan fingerprint density at radius 2 is 0.913 bits per heavy atom. The van der Waals surface area contributed by atoms with E-state index < -0.39 is 124 Å². The van der Waals surface area contributed by atoms with E-state index in [0.717, 1.165) is 12.1 Å². The van der Waals surface area contributed by atoms with Gasteiger partial charge in [0.25, 0.3) is 0 Å². The molecule has 0 bridgehead atoms. The average Bonchev–Trinajstić information content (AvgIpc) is 2.99. The van der Waals surface area contributed by atoms with Gasteiger partial charge in [-0.3, -0.25) is 0 Å². The van der Waals surface area contributed by atoms with Gasteiger partial charge in [-0.2, -0.15) is 0 Å². The van der Waals surface area contributed by atoms with Crippen molar-refractivity contribution in [2.75, 3.05) is 6.61 Å². The van der Waals surface area contributed by atoms with Crippen molar-refractivity contribution in [1.82, 2.24) is 0 Å². The molecule has 18 nitrogen and oxygen atoms in total. The minimum atomic E-state index is -2.19. The summed E-state index contributed by atoms with van der Waals surface area (Å²) in [5, 5.41) is 108. The van der Waals surface area contributed by atoms with E-state index in [2.05, 4.69) is 0 Å². The molecule has 0 spiro atoms. The Morgan fingerprint density at radius 1 is 0.565 bits per heavy atom. The summed E-state index contributed by atoms with van der Waals surface area (Å²) in [6, 6.07) is 4.20. The molecule has 5 atom stereocenters. The first-order valence-corrected chi connectivity index (χ1v) is 12.4. The average molecular weight is 744 g/mol. The number of aliphatic hydroxyl groups is 2. The number of hydrogen-bond acceptors (Lipinski definition) is 18. The number of ether oxygens (including phenoxy) is 4. The Morgan fingerprint density at radius 3 is 1.30 bits per heavy atom. The molecule has 0 aliphatic carbocycles. The van der Waals surface area contributed by atoms with Crippen LogP contribution in [0.4, 0.5) is 0 Å². The summed E-state index contributed by atoms with van der Waals surface area (Å²) in [6.07, 6.45) is -10.2. The fourth-order valence-corrected chi connectivity index (χ4v) is 4.05. The largest absolute Gasteiger partial charge is 0.504 e. The van der Waals surface area contributed by atoms with E-state index in [-0.39, 0.29) is 22.4 Å². The molecule has 1 radical (unpaired) electrons. The van der Waals surface area contributed by atoms with Crippen molar-refractivity contribution in [2.24, 2.45) is 0 Å². The maximum Gasteiger partial charge on any atom is 0.340 e. The van der Waals surface area contributed by atoms with Crippen LogP contribution >= 0.6 is 0 Å². The van der Waals surface area contributed by atoms with E-state index in [1.165, 1.54) is 0 Å². The molecule has 3 aromatic carbocycles. The number of rotatable bonds is 7. The Labute approximate surface area is 271 Å². The first-order valence-electron chi connectivity index (χ1n) is 12.4. The van der Waals surface area contributed by atoms with Crippen LogP contribution < -0.4 is 0 Å². The van der Waals surface area contributed by atoms with Crippen LogP contribution in [0, 0.1) is 0 Å². The Bertz CT molecular complexity index is 1590. The van der Waals surface area contributed by atoms with Crippen molar-refractivity contribution < 1.29 is 112 Å². The van der Waals surface area contributed by atoms with Crippen molar-refractivity contribution >= 4 is 17.9 Å². The first kappa shape index (κ1) is 35.4. The molecule has 3 aromatic rings. The van der Waals surface area contributed by atoms with Crippen LogP contribution in [0.3, 0.4) is 0 Å². The molecule has 0 aromatic heterocycles. The number of aliphatic hydroxyl groups excluding tert-OH is 2. The SMILES string of the molecule is O=C(OC[C@H]1O[C@@H](OC(=O)c2cc(O)c(O)c(O)c2)[C@H](O)[C@@H](OC(=O)c2cc(O)c(O)c(O)c2)[C@@H]1O)c1cc(O)c(O)c(O)c1.[Ag]. The quantitative estimate of drug-likeness (QED) is 0.0641. The zero-order valence-corrected chi connectivity index (χ0v) is 24.1. The maximum atomic E-state index is 12.8. The van der Waals surface area contributed by atoms with E-state index in [9.17, 15) is 70.6 Å². The monoisotopic (exact) mass is 743 g/mol. The second-order valence-electron chi connectivity index (χ2n) is 9.49. The third kappa shape index (κ3) is 7.23. The number of phenols is 9. The minimum absolute atomic E-state index is 0. The fourth-order valence-electron chi connectivity index (χ4n) is 4.05. The molecular formula is C27H24AgO18.